The molecule has 2 fully saturated rings. The number of pyridine rings is 1. The highest BCUT2D eigenvalue weighted by Gasteiger charge is 2.49. The molecule has 5 nitrogen and oxygen atoms in total. The third-order valence-corrected chi connectivity index (χ3v) is 5.75. The van der Waals surface area contributed by atoms with E-state index in [4.69, 9.17) is 16.9 Å². The number of piperidine rings is 1. The first-order chi connectivity index (χ1) is 12.6. The number of nitriles is 1. The topological polar surface area (TPSA) is 60.2 Å². The summed E-state index contributed by atoms with van der Waals surface area (Å²) in [5, 5.41) is 9.55. The third-order valence-electron chi connectivity index (χ3n) is 5.43. The SMILES string of the molecule is N#Cc1ccc(N2CCC[C@@]3(CCN(c4ccccc4Cl)C3=O)C2)nc1. The van der Waals surface area contributed by atoms with Crippen LogP contribution >= 0.6 is 11.6 Å². The molecule has 1 spiro atoms. The molecule has 2 aliphatic heterocycles. The van der Waals surface area contributed by atoms with Gasteiger partial charge in [-0.05, 0) is 43.5 Å². The monoisotopic (exact) mass is 366 g/mol. The molecular formula is C20H19ClN4O. The first-order valence-electron chi connectivity index (χ1n) is 8.81. The van der Waals surface area contributed by atoms with Crippen molar-refractivity contribution in [3.8, 4) is 6.07 Å². The second-order valence-corrected chi connectivity index (χ2v) is 7.39. The first kappa shape index (κ1) is 16.9. The third kappa shape index (κ3) is 2.81. The van der Waals surface area contributed by atoms with Gasteiger partial charge in [-0.25, -0.2) is 4.98 Å². The van der Waals surface area contributed by atoms with Crippen LogP contribution in [0.5, 0.6) is 0 Å². The summed E-state index contributed by atoms with van der Waals surface area (Å²) in [7, 11) is 0. The molecule has 0 N–H and O–H groups in total. The second kappa shape index (κ2) is 6.62. The van der Waals surface area contributed by atoms with E-state index in [-0.39, 0.29) is 11.3 Å². The van der Waals surface area contributed by atoms with Crippen molar-refractivity contribution in [2.24, 2.45) is 5.41 Å². The second-order valence-electron chi connectivity index (χ2n) is 6.98. The summed E-state index contributed by atoms with van der Waals surface area (Å²) in [5.41, 5.74) is 0.958. The minimum Gasteiger partial charge on any atom is -0.356 e. The largest absolute Gasteiger partial charge is 0.356 e. The standard InChI is InChI=1S/C20H19ClN4O/c21-16-4-1-2-5-17(16)25-11-9-20(19(25)26)8-3-10-24(14-20)18-7-6-15(12-22)13-23-18/h1-2,4-7,13H,3,8-11,14H2/t20-/m1/s1. The Morgan fingerprint density at radius 1 is 1.15 bits per heavy atom. The van der Waals surface area contributed by atoms with Gasteiger partial charge in [0.2, 0.25) is 5.91 Å². The fourth-order valence-electron chi connectivity index (χ4n) is 4.07. The van der Waals surface area contributed by atoms with Gasteiger partial charge in [0.1, 0.15) is 11.9 Å². The van der Waals surface area contributed by atoms with Gasteiger partial charge in [0.25, 0.3) is 0 Å². The average Bonchev–Trinajstić information content (AvgIpc) is 2.98. The van der Waals surface area contributed by atoms with Crippen LogP contribution in [0.1, 0.15) is 24.8 Å². The number of benzene rings is 1. The lowest BCUT2D eigenvalue weighted by atomic mass is 9.78. The van der Waals surface area contributed by atoms with Crippen LogP contribution in [0.15, 0.2) is 42.6 Å². The van der Waals surface area contributed by atoms with E-state index in [1.807, 2.05) is 35.2 Å². The van der Waals surface area contributed by atoms with Gasteiger partial charge in [-0.1, -0.05) is 23.7 Å². The minimum absolute atomic E-state index is 0.156. The quantitative estimate of drug-likeness (QED) is 0.814. The Kier molecular flexibility index (Phi) is 4.29. The molecule has 2 aliphatic rings. The highest BCUT2D eigenvalue weighted by atomic mass is 35.5. The molecular weight excluding hydrogens is 348 g/mol. The molecule has 0 aliphatic carbocycles. The van der Waals surface area contributed by atoms with Crippen molar-refractivity contribution in [1.29, 1.82) is 5.26 Å². The van der Waals surface area contributed by atoms with Gasteiger partial charge in [-0.3, -0.25) is 4.79 Å². The molecule has 1 aromatic heterocycles. The predicted octanol–water partition coefficient (Wildman–Crippen LogP) is 3.63. The maximum Gasteiger partial charge on any atom is 0.235 e. The van der Waals surface area contributed by atoms with Crippen molar-refractivity contribution >= 4 is 29.0 Å². The van der Waals surface area contributed by atoms with Crippen LogP contribution in [0, 0.1) is 16.7 Å². The zero-order valence-corrected chi connectivity index (χ0v) is 15.1. The van der Waals surface area contributed by atoms with Crippen LogP contribution in [-0.2, 0) is 4.79 Å². The van der Waals surface area contributed by atoms with E-state index in [1.165, 1.54) is 0 Å². The zero-order chi connectivity index (χ0) is 18.1. The van der Waals surface area contributed by atoms with Crippen molar-refractivity contribution in [1.82, 2.24) is 4.98 Å². The van der Waals surface area contributed by atoms with Gasteiger partial charge in [-0.15, -0.1) is 0 Å². The normalized spacial score (nSPS) is 22.7. The van der Waals surface area contributed by atoms with Crippen molar-refractivity contribution in [3.63, 3.8) is 0 Å². The van der Waals surface area contributed by atoms with Crippen LogP contribution in [0.3, 0.4) is 0 Å². The van der Waals surface area contributed by atoms with E-state index in [9.17, 15) is 4.79 Å². The number of para-hydroxylation sites is 1. The van der Waals surface area contributed by atoms with Crippen LogP contribution in [-0.4, -0.2) is 30.5 Å². The Balaban J connectivity index is 1.58. The lowest BCUT2D eigenvalue weighted by Crippen LogP contribution is -2.48. The molecule has 2 saturated heterocycles. The van der Waals surface area contributed by atoms with Crippen molar-refractivity contribution in [2.45, 2.75) is 19.3 Å². The molecule has 6 heteroatoms. The highest BCUT2D eigenvalue weighted by molar-refractivity contribution is 6.34. The number of nitrogens with zero attached hydrogens (tertiary/aromatic N) is 4. The van der Waals surface area contributed by atoms with E-state index >= 15 is 0 Å². The van der Waals surface area contributed by atoms with E-state index in [1.54, 1.807) is 12.3 Å². The van der Waals surface area contributed by atoms with E-state index < -0.39 is 0 Å². The number of hydrogen-bond acceptors (Lipinski definition) is 4. The Labute approximate surface area is 157 Å². The van der Waals surface area contributed by atoms with Crippen LogP contribution in [0.25, 0.3) is 0 Å². The molecule has 0 bridgehead atoms. The maximum absolute atomic E-state index is 13.3. The lowest BCUT2D eigenvalue weighted by molar-refractivity contribution is -0.126. The van der Waals surface area contributed by atoms with Crippen molar-refractivity contribution < 1.29 is 4.79 Å². The van der Waals surface area contributed by atoms with Gasteiger partial charge in [-0.2, -0.15) is 5.26 Å². The molecule has 1 atom stereocenters. The summed E-state index contributed by atoms with van der Waals surface area (Å²) in [6.07, 6.45) is 4.25. The number of rotatable bonds is 2. The van der Waals surface area contributed by atoms with Crippen LogP contribution < -0.4 is 9.80 Å². The van der Waals surface area contributed by atoms with Gasteiger partial charge in [0, 0.05) is 25.8 Å². The number of amides is 1. The summed E-state index contributed by atoms with van der Waals surface area (Å²) in [4.78, 5) is 21.7. The summed E-state index contributed by atoms with van der Waals surface area (Å²) >= 11 is 6.31. The summed E-state index contributed by atoms with van der Waals surface area (Å²) in [6, 6.07) is 13.2. The number of carbonyl (C=O) groups is 1. The lowest BCUT2D eigenvalue weighted by Gasteiger charge is -2.39. The van der Waals surface area contributed by atoms with Crippen LogP contribution in [0.2, 0.25) is 5.02 Å². The minimum atomic E-state index is -0.382. The van der Waals surface area contributed by atoms with Crippen molar-refractivity contribution in [2.75, 3.05) is 29.4 Å². The molecule has 4 rings (SSSR count). The molecule has 1 aromatic carbocycles. The fourth-order valence-corrected chi connectivity index (χ4v) is 4.30. The zero-order valence-electron chi connectivity index (χ0n) is 14.4. The van der Waals surface area contributed by atoms with Gasteiger partial charge in [0.05, 0.1) is 21.7 Å². The smallest absolute Gasteiger partial charge is 0.235 e. The summed E-state index contributed by atoms with van der Waals surface area (Å²) in [5.74, 6) is 0.982. The Hall–Kier alpha value is -2.58. The summed E-state index contributed by atoms with van der Waals surface area (Å²) in [6.45, 7) is 2.23. The Morgan fingerprint density at radius 2 is 2.00 bits per heavy atom. The number of hydrogen-bond donors (Lipinski definition) is 0. The number of carbonyl (C=O) groups excluding carboxylic acids is 1. The number of aromatic nitrogens is 1. The maximum atomic E-state index is 13.3. The fraction of sp³-hybridized carbons (Fsp3) is 0.350. The predicted molar refractivity (Wildman–Crippen MR) is 101 cm³/mol. The molecule has 2 aromatic rings. The summed E-state index contributed by atoms with van der Waals surface area (Å²) < 4.78 is 0. The molecule has 3 heterocycles. The molecule has 26 heavy (non-hydrogen) atoms. The molecule has 0 saturated carbocycles. The number of halogens is 1. The molecule has 132 valence electrons. The molecule has 0 unspecified atom stereocenters. The molecule has 0 radical (unpaired) electrons. The van der Waals surface area contributed by atoms with Crippen LogP contribution in [0.4, 0.5) is 11.5 Å². The van der Waals surface area contributed by atoms with E-state index in [0.29, 0.717) is 23.7 Å². The van der Waals surface area contributed by atoms with E-state index in [0.717, 1.165) is 37.3 Å². The van der Waals surface area contributed by atoms with Gasteiger partial charge < -0.3 is 9.80 Å². The van der Waals surface area contributed by atoms with Gasteiger partial charge >= 0.3 is 0 Å². The molecule has 1 amide bonds. The van der Waals surface area contributed by atoms with Gasteiger partial charge in [0.15, 0.2) is 0 Å². The van der Waals surface area contributed by atoms with Crippen molar-refractivity contribution in [3.05, 3.63) is 53.2 Å². The Bertz CT molecular complexity index is 876. The highest BCUT2D eigenvalue weighted by Crippen LogP contribution is 2.43. The first-order valence-corrected chi connectivity index (χ1v) is 9.18. The number of anilines is 2. The average molecular weight is 367 g/mol. The van der Waals surface area contributed by atoms with E-state index in [2.05, 4.69) is 16.0 Å². The Morgan fingerprint density at radius 3 is 2.73 bits per heavy atom.